The van der Waals surface area contributed by atoms with E-state index in [4.69, 9.17) is 9.15 Å². The Balaban J connectivity index is 1.73. The van der Waals surface area contributed by atoms with E-state index in [0.29, 0.717) is 28.5 Å². The highest BCUT2D eigenvalue weighted by molar-refractivity contribution is 9.10. The minimum Gasteiger partial charge on any atom is -0.462 e. The van der Waals surface area contributed by atoms with Gasteiger partial charge in [-0.2, -0.15) is 5.10 Å². The Kier molecular flexibility index (Phi) is 7.05. The van der Waals surface area contributed by atoms with E-state index in [1.54, 1.807) is 19.9 Å². The van der Waals surface area contributed by atoms with E-state index in [1.165, 1.54) is 23.1 Å². The Bertz CT molecular complexity index is 1360. The molecule has 2 aromatic carbocycles. The first-order valence-corrected chi connectivity index (χ1v) is 12.0. The molecular formula is C25H22BrN3O3S. The topological polar surface area (TPSA) is 69.1 Å². The number of hydrogen-bond donors (Lipinski definition) is 0. The molecule has 6 nitrogen and oxygen atoms in total. The summed E-state index contributed by atoms with van der Waals surface area (Å²) in [5.41, 5.74) is 4.65. The smallest absolute Gasteiger partial charge is 0.341 e. The first-order valence-electron chi connectivity index (χ1n) is 10.3. The van der Waals surface area contributed by atoms with Gasteiger partial charge in [-0.1, -0.05) is 45.8 Å². The van der Waals surface area contributed by atoms with Crippen LogP contribution >= 0.6 is 27.3 Å². The van der Waals surface area contributed by atoms with Gasteiger partial charge in [-0.25, -0.2) is 4.79 Å². The third-order valence-electron chi connectivity index (χ3n) is 4.90. The fraction of sp³-hybridized carbons (Fsp3) is 0.160. The third-order valence-corrected chi connectivity index (χ3v) is 6.25. The molecule has 0 radical (unpaired) electrons. The molecule has 0 N–H and O–H groups in total. The average Bonchev–Trinajstić information content (AvgIpc) is 3.39. The van der Waals surface area contributed by atoms with Crippen LogP contribution in [0.1, 0.15) is 34.4 Å². The van der Waals surface area contributed by atoms with Crippen molar-refractivity contribution < 1.29 is 13.9 Å². The normalized spacial score (nSPS) is 11.9. The zero-order valence-electron chi connectivity index (χ0n) is 18.4. The molecule has 168 valence electrons. The number of carbonyl (C=O) groups is 1. The Morgan fingerprint density at radius 1 is 1.15 bits per heavy atom. The van der Waals surface area contributed by atoms with Crippen LogP contribution in [0.25, 0.3) is 16.9 Å². The van der Waals surface area contributed by atoms with Crippen LogP contribution in [-0.2, 0) is 4.74 Å². The van der Waals surface area contributed by atoms with Crippen molar-refractivity contribution >= 4 is 39.5 Å². The van der Waals surface area contributed by atoms with E-state index >= 15 is 0 Å². The Labute approximate surface area is 204 Å². The highest BCUT2D eigenvalue weighted by Gasteiger charge is 2.15. The van der Waals surface area contributed by atoms with E-state index in [-0.39, 0.29) is 0 Å². The van der Waals surface area contributed by atoms with Crippen LogP contribution < -0.4 is 4.80 Å². The lowest BCUT2D eigenvalue weighted by molar-refractivity contribution is 0.0524. The molecule has 0 aliphatic rings. The second kappa shape index (κ2) is 10.1. The number of esters is 1. The summed E-state index contributed by atoms with van der Waals surface area (Å²) in [5.74, 6) is 0.508. The lowest BCUT2D eigenvalue weighted by atomic mass is 10.1. The zero-order chi connectivity index (χ0) is 23.4. The molecular weight excluding hydrogens is 502 g/mol. The second-order valence-electron chi connectivity index (χ2n) is 7.27. The molecule has 0 fully saturated rings. The molecule has 0 unspecified atom stereocenters. The van der Waals surface area contributed by atoms with Gasteiger partial charge >= 0.3 is 5.97 Å². The number of ether oxygens (including phenoxy) is 1. The second-order valence-corrected chi connectivity index (χ2v) is 9.02. The van der Waals surface area contributed by atoms with E-state index in [0.717, 1.165) is 21.4 Å². The molecule has 2 aromatic heterocycles. The molecule has 0 atom stereocenters. The fourth-order valence-electron chi connectivity index (χ4n) is 3.26. The van der Waals surface area contributed by atoms with Crippen molar-refractivity contribution in [3.8, 4) is 16.9 Å². The number of aryl methyl sites for hydroxylation is 2. The Hall–Kier alpha value is -3.23. The SMILES string of the molecule is CCOC(=O)c1cc(/C=N/N=c2/scc(-c3ccc(Br)cc3)n2-c2ccc(C)cc2)oc1C. The summed E-state index contributed by atoms with van der Waals surface area (Å²) in [7, 11) is 0. The number of rotatable bonds is 6. The maximum absolute atomic E-state index is 12.0. The van der Waals surface area contributed by atoms with Gasteiger partial charge in [0.05, 0.1) is 18.5 Å². The quantitative estimate of drug-likeness (QED) is 0.169. The van der Waals surface area contributed by atoms with Gasteiger partial charge in [0.1, 0.15) is 17.1 Å². The molecule has 33 heavy (non-hydrogen) atoms. The fourth-order valence-corrected chi connectivity index (χ4v) is 4.39. The van der Waals surface area contributed by atoms with E-state index < -0.39 is 5.97 Å². The summed E-state index contributed by atoms with van der Waals surface area (Å²) in [6.45, 7) is 5.85. The van der Waals surface area contributed by atoms with Gasteiger partial charge in [0.2, 0.25) is 4.80 Å². The molecule has 0 aliphatic carbocycles. The van der Waals surface area contributed by atoms with Gasteiger partial charge in [-0.05, 0) is 50.6 Å². The van der Waals surface area contributed by atoms with Crippen LogP contribution in [0, 0.1) is 13.8 Å². The summed E-state index contributed by atoms with van der Waals surface area (Å²) in [6, 6.07) is 18.0. The largest absolute Gasteiger partial charge is 0.462 e. The predicted octanol–water partition coefficient (Wildman–Crippen LogP) is 6.29. The van der Waals surface area contributed by atoms with Crippen LogP contribution in [0.3, 0.4) is 0 Å². The molecule has 8 heteroatoms. The molecule has 0 saturated heterocycles. The standard InChI is InChI=1S/C25H22BrN3O3S/c1-4-31-24(30)22-13-21(32-17(22)3)14-27-28-25-29(20-11-5-16(2)6-12-20)23(15-33-25)18-7-9-19(26)10-8-18/h5-15H,4H2,1-3H3/b27-14+,28-25+. The van der Waals surface area contributed by atoms with Gasteiger partial charge in [0.25, 0.3) is 0 Å². The number of carbonyl (C=O) groups excluding carboxylic acids is 1. The minimum atomic E-state index is -0.412. The molecule has 4 rings (SSSR count). The lowest BCUT2D eigenvalue weighted by Gasteiger charge is -2.09. The Morgan fingerprint density at radius 3 is 2.58 bits per heavy atom. The monoisotopic (exact) mass is 523 g/mol. The van der Waals surface area contributed by atoms with Crippen LogP contribution in [0.4, 0.5) is 0 Å². The number of hydrogen-bond acceptors (Lipinski definition) is 6. The van der Waals surface area contributed by atoms with Crippen molar-refractivity contribution in [2.24, 2.45) is 10.2 Å². The van der Waals surface area contributed by atoms with Gasteiger partial charge < -0.3 is 9.15 Å². The molecule has 0 amide bonds. The lowest BCUT2D eigenvalue weighted by Crippen LogP contribution is -2.13. The summed E-state index contributed by atoms with van der Waals surface area (Å²) in [6.07, 6.45) is 1.49. The first kappa shape index (κ1) is 22.9. The summed E-state index contributed by atoms with van der Waals surface area (Å²) >= 11 is 4.99. The maximum atomic E-state index is 12.0. The van der Waals surface area contributed by atoms with Gasteiger partial charge in [0.15, 0.2) is 0 Å². The van der Waals surface area contributed by atoms with Crippen LogP contribution in [0.15, 0.2) is 79.1 Å². The number of benzene rings is 2. The molecule has 0 spiro atoms. The number of nitrogens with zero attached hydrogens (tertiary/aromatic N) is 3. The highest BCUT2D eigenvalue weighted by Crippen LogP contribution is 2.25. The van der Waals surface area contributed by atoms with Crippen molar-refractivity contribution in [3.05, 3.63) is 91.9 Å². The molecule has 4 aromatic rings. The van der Waals surface area contributed by atoms with Gasteiger partial charge in [0, 0.05) is 21.6 Å². The minimum absolute atomic E-state index is 0.306. The van der Waals surface area contributed by atoms with Crippen molar-refractivity contribution in [2.75, 3.05) is 6.61 Å². The number of halogens is 1. The zero-order valence-corrected chi connectivity index (χ0v) is 20.8. The summed E-state index contributed by atoms with van der Waals surface area (Å²) in [5, 5.41) is 10.7. The van der Waals surface area contributed by atoms with Crippen LogP contribution in [-0.4, -0.2) is 23.4 Å². The molecule has 0 saturated carbocycles. The van der Waals surface area contributed by atoms with E-state index in [2.05, 4.69) is 79.4 Å². The van der Waals surface area contributed by atoms with Crippen molar-refractivity contribution in [2.45, 2.75) is 20.8 Å². The van der Waals surface area contributed by atoms with Crippen molar-refractivity contribution in [1.82, 2.24) is 4.57 Å². The molecule has 0 aliphatic heterocycles. The summed E-state index contributed by atoms with van der Waals surface area (Å²) < 4.78 is 13.8. The average molecular weight is 524 g/mol. The first-order chi connectivity index (χ1) is 16.0. The van der Waals surface area contributed by atoms with Crippen molar-refractivity contribution in [3.63, 3.8) is 0 Å². The summed E-state index contributed by atoms with van der Waals surface area (Å²) in [4.78, 5) is 12.7. The van der Waals surface area contributed by atoms with Crippen molar-refractivity contribution in [1.29, 1.82) is 0 Å². The maximum Gasteiger partial charge on any atom is 0.341 e. The third kappa shape index (κ3) is 5.23. The van der Waals surface area contributed by atoms with Crippen LogP contribution in [0.2, 0.25) is 0 Å². The van der Waals surface area contributed by atoms with Gasteiger partial charge in [-0.3, -0.25) is 4.57 Å². The molecule has 0 bridgehead atoms. The predicted molar refractivity (Wildman–Crippen MR) is 134 cm³/mol. The van der Waals surface area contributed by atoms with E-state index in [9.17, 15) is 4.79 Å². The number of aromatic nitrogens is 1. The highest BCUT2D eigenvalue weighted by atomic mass is 79.9. The van der Waals surface area contributed by atoms with E-state index in [1.807, 2.05) is 12.1 Å². The Morgan fingerprint density at radius 2 is 1.88 bits per heavy atom. The number of furan rings is 1. The van der Waals surface area contributed by atoms with Gasteiger partial charge in [-0.15, -0.1) is 16.4 Å². The molecule has 2 heterocycles. The van der Waals surface area contributed by atoms with Crippen LogP contribution in [0.5, 0.6) is 0 Å². The number of thiazole rings is 1.